The first kappa shape index (κ1) is 17.4. The van der Waals surface area contributed by atoms with E-state index in [0.29, 0.717) is 12.3 Å². The van der Waals surface area contributed by atoms with Crippen LogP contribution in [0.2, 0.25) is 0 Å². The van der Waals surface area contributed by atoms with Crippen molar-refractivity contribution in [2.45, 2.75) is 79.3 Å². The molecule has 1 rings (SSSR count). The molecule has 0 aromatic rings. The minimum absolute atomic E-state index is 0.426. The molecule has 0 bridgehead atoms. The van der Waals surface area contributed by atoms with Crippen LogP contribution in [0.1, 0.15) is 73.6 Å². The van der Waals surface area contributed by atoms with Crippen molar-refractivity contribution in [1.29, 1.82) is 0 Å². The summed E-state index contributed by atoms with van der Waals surface area (Å²) in [7, 11) is 0. The van der Waals surface area contributed by atoms with E-state index < -0.39 is 5.67 Å². The summed E-state index contributed by atoms with van der Waals surface area (Å²) < 4.78 is 14.2. The summed E-state index contributed by atoms with van der Waals surface area (Å²) in [6, 6.07) is 0. The average Bonchev–Trinajstić information content (AvgIpc) is 2.44. The van der Waals surface area contributed by atoms with E-state index in [4.69, 9.17) is 0 Å². The number of halogens is 1. The van der Waals surface area contributed by atoms with Gasteiger partial charge < -0.3 is 0 Å². The summed E-state index contributed by atoms with van der Waals surface area (Å²) in [6.45, 7) is 12.1. The van der Waals surface area contributed by atoms with Gasteiger partial charge in [-0.1, -0.05) is 51.3 Å². The van der Waals surface area contributed by atoms with Gasteiger partial charge in [0.15, 0.2) is 0 Å². The van der Waals surface area contributed by atoms with Crippen molar-refractivity contribution in [3.05, 3.63) is 23.3 Å². The van der Waals surface area contributed by atoms with E-state index in [2.05, 4.69) is 19.9 Å². The highest BCUT2D eigenvalue weighted by Gasteiger charge is 2.28. The number of alkyl halides is 1. The zero-order valence-electron chi connectivity index (χ0n) is 13.1. The van der Waals surface area contributed by atoms with Gasteiger partial charge in [0.05, 0.1) is 0 Å². The molecule has 0 amide bonds. The number of hydrogen-bond acceptors (Lipinski definition) is 0. The summed E-state index contributed by atoms with van der Waals surface area (Å²) in [5.41, 5.74) is 1.42. The molecule has 1 aliphatic rings. The van der Waals surface area contributed by atoms with Crippen LogP contribution < -0.4 is 0 Å². The van der Waals surface area contributed by atoms with E-state index in [1.807, 2.05) is 20.8 Å². The minimum Gasteiger partial charge on any atom is -0.240 e. The largest absolute Gasteiger partial charge is 0.240 e. The second-order valence-electron chi connectivity index (χ2n) is 5.30. The number of rotatable bonds is 4. The van der Waals surface area contributed by atoms with Crippen LogP contribution >= 0.6 is 0 Å². The summed E-state index contributed by atoms with van der Waals surface area (Å²) in [5, 5.41) is 0. The summed E-state index contributed by atoms with van der Waals surface area (Å²) in [6.07, 6.45) is 9.27. The minimum atomic E-state index is -1.13. The lowest BCUT2D eigenvalue weighted by Crippen LogP contribution is -2.19. The quantitative estimate of drug-likeness (QED) is 0.557. The Morgan fingerprint density at radius 1 is 1.33 bits per heavy atom. The van der Waals surface area contributed by atoms with Gasteiger partial charge >= 0.3 is 0 Å². The smallest absolute Gasteiger partial charge is 0.127 e. The van der Waals surface area contributed by atoms with Crippen LogP contribution in [-0.4, -0.2) is 5.67 Å². The third-order valence-electron chi connectivity index (χ3n) is 3.42. The van der Waals surface area contributed by atoms with Gasteiger partial charge in [-0.05, 0) is 51.5 Å². The Balaban J connectivity index is 0.00000137. The summed E-state index contributed by atoms with van der Waals surface area (Å²) >= 11 is 0. The van der Waals surface area contributed by atoms with Crippen LogP contribution in [0.3, 0.4) is 0 Å². The molecule has 2 atom stereocenters. The fourth-order valence-corrected chi connectivity index (χ4v) is 2.66. The Morgan fingerprint density at radius 3 is 2.44 bits per heavy atom. The second-order valence-corrected chi connectivity index (χ2v) is 5.30. The zero-order valence-corrected chi connectivity index (χ0v) is 13.1. The predicted octanol–water partition coefficient (Wildman–Crippen LogP) is 6.23. The van der Waals surface area contributed by atoms with Gasteiger partial charge in [-0.25, -0.2) is 4.39 Å². The van der Waals surface area contributed by atoms with Crippen LogP contribution in [0.4, 0.5) is 4.39 Å². The normalized spacial score (nSPS) is 27.6. The van der Waals surface area contributed by atoms with Crippen molar-refractivity contribution < 1.29 is 4.39 Å². The molecule has 106 valence electrons. The van der Waals surface area contributed by atoms with Gasteiger partial charge in [0.2, 0.25) is 0 Å². The van der Waals surface area contributed by atoms with E-state index in [9.17, 15) is 4.39 Å². The molecule has 0 fully saturated rings. The first-order chi connectivity index (χ1) is 8.48. The molecule has 1 heteroatoms. The van der Waals surface area contributed by atoms with Crippen LogP contribution in [0.15, 0.2) is 23.3 Å². The molecule has 0 radical (unpaired) electrons. The maximum atomic E-state index is 14.2. The topological polar surface area (TPSA) is 0 Å². The highest BCUT2D eigenvalue weighted by atomic mass is 19.1. The Morgan fingerprint density at radius 2 is 1.94 bits per heavy atom. The van der Waals surface area contributed by atoms with E-state index in [1.165, 1.54) is 18.4 Å². The molecular weight excluding hydrogens is 223 g/mol. The van der Waals surface area contributed by atoms with Crippen molar-refractivity contribution in [2.75, 3.05) is 0 Å². The van der Waals surface area contributed by atoms with Crippen molar-refractivity contribution >= 4 is 0 Å². The molecule has 1 aliphatic carbocycles. The second kappa shape index (κ2) is 8.50. The van der Waals surface area contributed by atoms with E-state index in [-0.39, 0.29) is 0 Å². The molecule has 0 N–H and O–H groups in total. The summed E-state index contributed by atoms with van der Waals surface area (Å²) in [5.74, 6) is 0.426. The van der Waals surface area contributed by atoms with Gasteiger partial charge in [0.1, 0.15) is 5.67 Å². The van der Waals surface area contributed by atoms with Gasteiger partial charge in [-0.2, -0.15) is 0 Å². The number of hydrogen-bond donors (Lipinski definition) is 0. The maximum Gasteiger partial charge on any atom is 0.127 e. The molecule has 0 spiro atoms. The third-order valence-corrected chi connectivity index (χ3v) is 3.42. The molecule has 2 unspecified atom stereocenters. The molecule has 0 nitrogen and oxygen atoms in total. The fourth-order valence-electron chi connectivity index (χ4n) is 2.66. The highest BCUT2D eigenvalue weighted by Crippen LogP contribution is 2.36. The van der Waals surface area contributed by atoms with Crippen molar-refractivity contribution in [3.8, 4) is 0 Å². The Bertz CT molecular complexity index is 284. The maximum absolute atomic E-state index is 14.2. The first-order valence-electron chi connectivity index (χ1n) is 7.57. The highest BCUT2D eigenvalue weighted by molar-refractivity contribution is 5.29. The molecular formula is C17H31F. The van der Waals surface area contributed by atoms with Crippen LogP contribution in [-0.2, 0) is 0 Å². The number of unbranched alkanes of at least 4 members (excludes halogenated alkanes) is 1. The average molecular weight is 254 g/mol. The van der Waals surface area contributed by atoms with Gasteiger partial charge in [0.25, 0.3) is 0 Å². The van der Waals surface area contributed by atoms with Gasteiger partial charge in [0, 0.05) is 0 Å². The van der Waals surface area contributed by atoms with Gasteiger partial charge in [-0.15, -0.1) is 0 Å². The SMILES string of the molecule is CC.CCCCC1=CC(C)=CC(C)(F)CC1CC. The lowest BCUT2D eigenvalue weighted by Gasteiger charge is -2.23. The fraction of sp³-hybridized carbons (Fsp3) is 0.765. The molecule has 0 aliphatic heterocycles. The molecule has 0 heterocycles. The third kappa shape index (κ3) is 5.84. The molecule has 18 heavy (non-hydrogen) atoms. The number of allylic oxidation sites excluding steroid dienone is 4. The lowest BCUT2D eigenvalue weighted by molar-refractivity contribution is 0.211. The molecule has 0 saturated heterocycles. The molecule has 0 aromatic heterocycles. The molecule has 0 saturated carbocycles. The monoisotopic (exact) mass is 254 g/mol. The standard InChI is InChI=1S/C15H25F.C2H6/c1-5-7-8-14-9-12(3)10-15(4,16)11-13(14)6-2;1-2/h9-10,13H,5-8,11H2,1-4H3;1-2H3. The van der Waals surface area contributed by atoms with Crippen LogP contribution in [0.5, 0.6) is 0 Å². The van der Waals surface area contributed by atoms with Crippen molar-refractivity contribution in [2.24, 2.45) is 5.92 Å². The predicted molar refractivity (Wildman–Crippen MR) is 80.6 cm³/mol. The Hall–Kier alpha value is -0.590. The van der Waals surface area contributed by atoms with Crippen molar-refractivity contribution in [3.63, 3.8) is 0 Å². The lowest BCUT2D eigenvalue weighted by atomic mass is 9.85. The van der Waals surface area contributed by atoms with Crippen molar-refractivity contribution in [1.82, 2.24) is 0 Å². The van der Waals surface area contributed by atoms with E-state index in [1.54, 1.807) is 13.0 Å². The first-order valence-corrected chi connectivity index (χ1v) is 7.57. The van der Waals surface area contributed by atoms with E-state index >= 15 is 0 Å². The van der Waals surface area contributed by atoms with E-state index in [0.717, 1.165) is 18.4 Å². The molecule has 0 aromatic carbocycles. The zero-order chi connectivity index (χ0) is 14.2. The van der Waals surface area contributed by atoms with Gasteiger partial charge in [-0.3, -0.25) is 0 Å². The van der Waals surface area contributed by atoms with Crippen LogP contribution in [0, 0.1) is 5.92 Å². The Kier molecular flexibility index (Phi) is 8.22. The van der Waals surface area contributed by atoms with Crippen LogP contribution in [0.25, 0.3) is 0 Å². The Labute approximate surface area is 113 Å². The summed E-state index contributed by atoms with van der Waals surface area (Å²) in [4.78, 5) is 0.